The Labute approximate surface area is 105 Å². The fourth-order valence-electron chi connectivity index (χ4n) is 2.20. The van der Waals surface area contributed by atoms with E-state index in [0.717, 1.165) is 0 Å². The maximum absolute atomic E-state index is 12.1. The first-order chi connectivity index (χ1) is 8.58. The summed E-state index contributed by atoms with van der Waals surface area (Å²) in [7, 11) is 0. The van der Waals surface area contributed by atoms with Crippen molar-refractivity contribution in [3.8, 4) is 0 Å². The summed E-state index contributed by atoms with van der Waals surface area (Å²) in [5.74, 6) is -0.0381. The molecule has 0 aromatic rings. The predicted octanol–water partition coefficient (Wildman–Crippen LogP) is -2.23. The lowest BCUT2D eigenvalue weighted by Gasteiger charge is -2.36. The van der Waals surface area contributed by atoms with Gasteiger partial charge in [0.05, 0.1) is 6.54 Å². The van der Waals surface area contributed by atoms with E-state index >= 15 is 0 Å². The Hall–Kier alpha value is -1.63. The van der Waals surface area contributed by atoms with E-state index in [1.807, 2.05) is 0 Å². The van der Waals surface area contributed by atoms with E-state index in [1.54, 1.807) is 9.80 Å². The first kappa shape index (κ1) is 12.8. The second kappa shape index (κ2) is 5.34. The van der Waals surface area contributed by atoms with Crippen LogP contribution in [0.15, 0.2) is 0 Å². The van der Waals surface area contributed by atoms with Gasteiger partial charge in [0.1, 0.15) is 6.04 Å². The molecule has 0 bridgehead atoms. The molecule has 1 unspecified atom stereocenters. The zero-order chi connectivity index (χ0) is 13.1. The minimum absolute atomic E-state index is 0.00166. The molecule has 2 N–H and O–H groups in total. The highest BCUT2D eigenvalue weighted by Crippen LogP contribution is 2.05. The van der Waals surface area contributed by atoms with E-state index in [1.165, 1.54) is 6.92 Å². The van der Waals surface area contributed by atoms with Crippen molar-refractivity contribution in [2.75, 3.05) is 39.3 Å². The molecule has 1 atom stereocenters. The molecule has 2 saturated heterocycles. The first-order valence-electron chi connectivity index (χ1n) is 6.12. The standard InChI is InChI=1S/C11H18N4O3/c1-8(16)14-2-4-15(5-3-14)11(18)9-6-13-10(17)7-12-9/h9,12H,2-7H2,1H3,(H,13,17). The zero-order valence-corrected chi connectivity index (χ0v) is 10.4. The third kappa shape index (κ3) is 2.79. The SMILES string of the molecule is CC(=O)N1CCN(C(=O)C2CNC(=O)CN2)CC1. The fraction of sp³-hybridized carbons (Fsp3) is 0.727. The summed E-state index contributed by atoms with van der Waals surface area (Å²) in [6.45, 7) is 4.35. The lowest BCUT2D eigenvalue weighted by Crippen LogP contribution is -2.61. The highest BCUT2D eigenvalue weighted by atomic mass is 16.2. The molecule has 0 radical (unpaired) electrons. The minimum Gasteiger partial charge on any atom is -0.353 e. The van der Waals surface area contributed by atoms with Crippen LogP contribution in [-0.2, 0) is 14.4 Å². The molecule has 0 spiro atoms. The van der Waals surface area contributed by atoms with Gasteiger partial charge in [-0.1, -0.05) is 0 Å². The molecule has 0 aromatic heterocycles. The zero-order valence-electron chi connectivity index (χ0n) is 10.4. The van der Waals surface area contributed by atoms with E-state index in [0.29, 0.717) is 32.7 Å². The summed E-state index contributed by atoms with van der Waals surface area (Å²) in [6.07, 6.45) is 0. The summed E-state index contributed by atoms with van der Waals surface area (Å²) in [4.78, 5) is 37.8. The van der Waals surface area contributed by atoms with Crippen LogP contribution in [0.4, 0.5) is 0 Å². The van der Waals surface area contributed by atoms with Crippen LogP contribution in [0.5, 0.6) is 0 Å². The molecule has 3 amide bonds. The normalized spacial score (nSPS) is 24.7. The number of hydrogen-bond acceptors (Lipinski definition) is 4. The van der Waals surface area contributed by atoms with Crippen LogP contribution in [0.1, 0.15) is 6.92 Å². The number of nitrogens with zero attached hydrogens (tertiary/aromatic N) is 2. The smallest absolute Gasteiger partial charge is 0.241 e. The number of carbonyl (C=O) groups excluding carboxylic acids is 3. The Kier molecular flexibility index (Phi) is 3.81. The van der Waals surface area contributed by atoms with Crippen molar-refractivity contribution in [2.45, 2.75) is 13.0 Å². The Morgan fingerprint density at radius 2 is 1.78 bits per heavy atom. The molecule has 2 aliphatic heterocycles. The third-order valence-electron chi connectivity index (χ3n) is 3.35. The van der Waals surface area contributed by atoms with Gasteiger partial charge in [-0.2, -0.15) is 0 Å². The van der Waals surface area contributed by atoms with Crippen LogP contribution in [0.2, 0.25) is 0 Å². The molecule has 2 heterocycles. The lowest BCUT2D eigenvalue weighted by molar-refractivity contribution is -0.140. The van der Waals surface area contributed by atoms with Crippen LogP contribution in [-0.4, -0.2) is 72.8 Å². The summed E-state index contributed by atoms with van der Waals surface area (Å²) < 4.78 is 0. The second-order valence-electron chi connectivity index (χ2n) is 4.57. The van der Waals surface area contributed by atoms with Crippen LogP contribution < -0.4 is 10.6 Å². The number of carbonyl (C=O) groups is 3. The molecule has 18 heavy (non-hydrogen) atoms. The molecule has 0 aliphatic carbocycles. The van der Waals surface area contributed by atoms with Crippen molar-refractivity contribution >= 4 is 17.7 Å². The third-order valence-corrected chi connectivity index (χ3v) is 3.35. The average molecular weight is 254 g/mol. The monoisotopic (exact) mass is 254 g/mol. The molecule has 0 saturated carbocycles. The van der Waals surface area contributed by atoms with E-state index in [4.69, 9.17) is 0 Å². The van der Waals surface area contributed by atoms with Crippen LogP contribution in [0.3, 0.4) is 0 Å². The molecule has 0 aromatic carbocycles. The Balaban J connectivity index is 1.84. The van der Waals surface area contributed by atoms with Crippen molar-refractivity contribution < 1.29 is 14.4 Å². The molecule has 2 rings (SSSR count). The van der Waals surface area contributed by atoms with Gasteiger partial charge >= 0.3 is 0 Å². The second-order valence-corrected chi connectivity index (χ2v) is 4.57. The van der Waals surface area contributed by atoms with Crippen LogP contribution in [0, 0.1) is 0 Å². The van der Waals surface area contributed by atoms with Crippen molar-refractivity contribution in [3.05, 3.63) is 0 Å². The lowest BCUT2D eigenvalue weighted by atomic mass is 10.2. The van der Waals surface area contributed by atoms with Gasteiger partial charge in [-0.05, 0) is 0 Å². The summed E-state index contributed by atoms with van der Waals surface area (Å²) >= 11 is 0. The van der Waals surface area contributed by atoms with Gasteiger partial charge in [0, 0.05) is 39.6 Å². The maximum atomic E-state index is 12.1. The predicted molar refractivity (Wildman–Crippen MR) is 63.6 cm³/mol. The molecule has 100 valence electrons. The number of hydrogen-bond donors (Lipinski definition) is 2. The largest absolute Gasteiger partial charge is 0.353 e. The quantitative estimate of drug-likeness (QED) is 0.554. The summed E-state index contributed by atoms with van der Waals surface area (Å²) in [5.41, 5.74) is 0. The molecule has 2 fully saturated rings. The molecule has 2 aliphatic rings. The highest BCUT2D eigenvalue weighted by molar-refractivity contribution is 5.87. The Morgan fingerprint density at radius 3 is 2.28 bits per heavy atom. The number of piperazine rings is 2. The van der Waals surface area contributed by atoms with Crippen LogP contribution in [0.25, 0.3) is 0 Å². The van der Waals surface area contributed by atoms with Crippen molar-refractivity contribution in [3.63, 3.8) is 0 Å². The highest BCUT2D eigenvalue weighted by Gasteiger charge is 2.30. The summed E-state index contributed by atoms with van der Waals surface area (Å²) in [6, 6.07) is -0.341. The number of rotatable bonds is 1. The fourth-order valence-corrected chi connectivity index (χ4v) is 2.20. The number of nitrogens with one attached hydrogen (secondary N) is 2. The summed E-state index contributed by atoms with van der Waals surface area (Å²) in [5, 5.41) is 5.58. The van der Waals surface area contributed by atoms with E-state index < -0.39 is 0 Å². The topological polar surface area (TPSA) is 81.8 Å². The molecule has 7 nitrogen and oxygen atoms in total. The van der Waals surface area contributed by atoms with Gasteiger partial charge in [-0.3, -0.25) is 19.7 Å². The average Bonchev–Trinajstić information content (AvgIpc) is 2.39. The van der Waals surface area contributed by atoms with E-state index in [-0.39, 0.29) is 30.3 Å². The Bertz CT molecular complexity index is 353. The first-order valence-corrected chi connectivity index (χ1v) is 6.12. The van der Waals surface area contributed by atoms with Gasteiger partial charge in [0.15, 0.2) is 0 Å². The van der Waals surface area contributed by atoms with Crippen molar-refractivity contribution in [1.29, 1.82) is 0 Å². The van der Waals surface area contributed by atoms with Gasteiger partial charge < -0.3 is 15.1 Å². The van der Waals surface area contributed by atoms with Gasteiger partial charge in [-0.15, -0.1) is 0 Å². The van der Waals surface area contributed by atoms with Crippen molar-refractivity contribution in [1.82, 2.24) is 20.4 Å². The molecular formula is C11H18N4O3. The molecular weight excluding hydrogens is 236 g/mol. The van der Waals surface area contributed by atoms with Gasteiger partial charge in [-0.25, -0.2) is 0 Å². The minimum atomic E-state index is -0.341. The number of amides is 3. The van der Waals surface area contributed by atoms with Crippen molar-refractivity contribution in [2.24, 2.45) is 0 Å². The maximum Gasteiger partial charge on any atom is 0.241 e. The van der Waals surface area contributed by atoms with Gasteiger partial charge in [0.2, 0.25) is 17.7 Å². The Morgan fingerprint density at radius 1 is 1.17 bits per heavy atom. The van der Waals surface area contributed by atoms with Crippen LogP contribution >= 0.6 is 0 Å². The molecule has 7 heteroatoms. The van der Waals surface area contributed by atoms with E-state index in [2.05, 4.69) is 10.6 Å². The van der Waals surface area contributed by atoms with Gasteiger partial charge in [0.25, 0.3) is 0 Å². The van der Waals surface area contributed by atoms with E-state index in [9.17, 15) is 14.4 Å².